The lowest BCUT2D eigenvalue weighted by Gasteiger charge is -2.01. The Morgan fingerprint density at radius 3 is 2.73 bits per heavy atom. The molecule has 0 saturated carbocycles. The van der Waals surface area contributed by atoms with Gasteiger partial charge in [-0.05, 0) is 18.6 Å². The van der Waals surface area contributed by atoms with Crippen molar-refractivity contribution < 1.29 is 9.15 Å². The van der Waals surface area contributed by atoms with Gasteiger partial charge < -0.3 is 9.15 Å². The predicted octanol–water partition coefficient (Wildman–Crippen LogP) is 1.14. The minimum Gasteiger partial charge on any atom is -0.452 e. The summed E-state index contributed by atoms with van der Waals surface area (Å²) in [5, 5.41) is 3.87. The van der Waals surface area contributed by atoms with Crippen LogP contribution < -0.4 is 10.5 Å². The quantitative estimate of drug-likeness (QED) is 0.739. The fourth-order valence-corrected chi connectivity index (χ4v) is 1.30. The van der Waals surface area contributed by atoms with Crippen molar-refractivity contribution in [3.8, 4) is 11.8 Å². The third kappa shape index (κ3) is 1.63. The van der Waals surface area contributed by atoms with Crippen LogP contribution in [0.25, 0.3) is 5.69 Å². The number of ether oxygens (including phenoxy) is 1. The molecule has 0 radical (unpaired) electrons. The van der Waals surface area contributed by atoms with Crippen LogP contribution in [0.4, 0.5) is 0 Å². The molecule has 0 unspecified atom stereocenters. The summed E-state index contributed by atoms with van der Waals surface area (Å²) in [5.74, 6) is -0.554. The van der Waals surface area contributed by atoms with Crippen molar-refractivity contribution in [1.82, 2.24) is 9.78 Å². The number of methoxy groups -OCH3 is 1. The Labute approximate surface area is 85.9 Å². The lowest BCUT2D eigenvalue weighted by atomic mass is 10.2. The Hall–Kier alpha value is -2.04. The van der Waals surface area contributed by atoms with Gasteiger partial charge >= 0.3 is 11.8 Å². The van der Waals surface area contributed by atoms with Crippen LogP contribution in [0.1, 0.15) is 5.56 Å². The van der Waals surface area contributed by atoms with Crippen LogP contribution in [0, 0.1) is 6.92 Å². The van der Waals surface area contributed by atoms with Crippen molar-refractivity contribution in [3.63, 3.8) is 0 Å². The molecular weight excluding hydrogens is 196 g/mol. The molecule has 0 bridgehead atoms. The Morgan fingerprint density at radius 1 is 1.40 bits per heavy atom. The first-order chi connectivity index (χ1) is 7.22. The van der Waals surface area contributed by atoms with Crippen molar-refractivity contribution in [1.29, 1.82) is 0 Å². The molecule has 0 N–H and O–H groups in total. The lowest BCUT2D eigenvalue weighted by molar-refractivity contribution is 0.282. The monoisotopic (exact) mass is 206 g/mol. The van der Waals surface area contributed by atoms with Crippen molar-refractivity contribution in [2.24, 2.45) is 0 Å². The molecule has 0 amide bonds. The van der Waals surface area contributed by atoms with E-state index in [1.807, 2.05) is 25.1 Å². The maximum absolute atomic E-state index is 11.4. The van der Waals surface area contributed by atoms with Gasteiger partial charge in [-0.3, -0.25) is 0 Å². The van der Waals surface area contributed by atoms with Gasteiger partial charge in [0, 0.05) is 0 Å². The molecule has 15 heavy (non-hydrogen) atoms. The maximum Gasteiger partial charge on any atom is 0.444 e. The number of rotatable bonds is 2. The van der Waals surface area contributed by atoms with E-state index in [1.165, 1.54) is 11.8 Å². The molecule has 5 heteroatoms. The number of para-hydroxylation sites is 1. The van der Waals surface area contributed by atoms with E-state index in [-0.39, 0.29) is 6.08 Å². The number of benzene rings is 1. The number of aromatic nitrogens is 2. The van der Waals surface area contributed by atoms with E-state index in [4.69, 9.17) is 9.15 Å². The third-order valence-electron chi connectivity index (χ3n) is 2.05. The third-order valence-corrected chi connectivity index (χ3v) is 2.05. The van der Waals surface area contributed by atoms with Crippen molar-refractivity contribution in [2.45, 2.75) is 6.92 Å². The molecule has 2 aromatic rings. The predicted molar refractivity (Wildman–Crippen MR) is 53.4 cm³/mol. The lowest BCUT2D eigenvalue weighted by Crippen LogP contribution is -2.14. The van der Waals surface area contributed by atoms with E-state index in [0.29, 0.717) is 5.69 Å². The Kier molecular flexibility index (Phi) is 2.29. The van der Waals surface area contributed by atoms with Crippen LogP contribution in [0.2, 0.25) is 0 Å². The van der Waals surface area contributed by atoms with Crippen molar-refractivity contribution >= 4 is 0 Å². The van der Waals surface area contributed by atoms with Gasteiger partial charge in [-0.15, -0.1) is 0 Å². The van der Waals surface area contributed by atoms with Gasteiger partial charge in [-0.2, -0.15) is 4.68 Å². The summed E-state index contributed by atoms with van der Waals surface area (Å²) in [6.45, 7) is 1.89. The summed E-state index contributed by atoms with van der Waals surface area (Å²) < 4.78 is 10.7. The molecule has 1 aromatic carbocycles. The number of hydrogen-bond donors (Lipinski definition) is 0. The molecular formula is C10H10N2O3. The van der Waals surface area contributed by atoms with E-state index in [1.54, 1.807) is 6.07 Å². The molecule has 5 nitrogen and oxygen atoms in total. The number of aryl methyl sites for hydroxylation is 1. The smallest absolute Gasteiger partial charge is 0.444 e. The van der Waals surface area contributed by atoms with Crippen LogP contribution in [-0.4, -0.2) is 16.9 Å². The van der Waals surface area contributed by atoms with Gasteiger partial charge in [0.25, 0.3) is 0 Å². The minimum atomic E-state index is -0.554. The van der Waals surface area contributed by atoms with Crippen LogP contribution in [-0.2, 0) is 0 Å². The van der Waals surface area contributed by atoms with Crippen LogP contribution >= 0.6 is 0 Å². The number of nitrogens with zero attached hydrogens (tertiary/aromatic N) is 2. The van der Waals surface area contributed by atoms with Gasteiger partial charge in [0.05, 0.1) is 12.8 Å². The second kappa shape index (κ2) is 3.61. The summed E-state index contributed by atoms with van der Waals surface area (Å²) in [5.41, 5.74) is 1.63. The van der Waals surface area contributed by atoms with Crippen LogP contribution in [0.3, 0.4) is 0 Å². The zero-order chi connectivity index (χ0) is 10.8. The topological polar surface area (TPSA) is 57.3 Å². The molecule has 0 spiro atoms. The summed E-state index contributed by atoms with van der Waals surface area (Å²) in [6, 6.07) is 7.40. The second-order valence-electron chi connectivity index (χ2n) is 3.04. The molecule has 78 valence electrons. The summed E-state index contributed by atoms with van der Waals surface area (Å²) in [6.07, 6.45) is -0.0387. The Bertz CT molecular complexity index is 527. The molecule has 0 aliphatic heterocycles. The van der Waals surface area contributed by atoms with E-state index in [9.17, 15) is 4.79 Å². The molecule has 0 fully saturated rings. The van der Waals surface area contributed by atoms with Crippen LogP contribution in [0.15, 0.2) is 33.5 Å². The van der Waals surface area contributed by atoms with E-state index in [2.05, 4.69) is 5.10 Å². The Balaban J connectivity index is 2.59. The number of hydrogen-bond acceptors (Lipinski definition) is 4. The largest absolute Gasteiger partial charge is 0.452 e. The molecule has 0 aliphatic rings. The molecule has 1 heterocycles. The summed E-state index contributed by atoms with van der Waals surface area (Å²) >= 11 is 0. The zero-order valence-electron chi connectivity index (χ0n) is 8.43. The van der Waals surface area contributed by atoms with Crippen LogP contribution in [0.5, 0.6) is 6.08 Å². The average Bonchev–Trinajstić information content (AvgIpc) is 2.60. The van der Waals surface area contributed by atoms with E-state index < -0.39 is 5.76 Å². The van der Waals surface area contributed by atoms with Gasteiger partial charge in [-0.25, -0.2) is 4.79 Å². The first-order valence-electron chi connectivity index (χ1n) is 4.42. The van der Waals surface area contributed by atoms with Gasteiger partial charge in [0.2, 0.25) is 0 Å². The minimum absolute atomic E-state index is 0.0387. The summed E-state index contributed by atoms with van der Waals surface area (Å²) in [7, 11) is 1.40. The highest BCUT2D eigenvalue weighted by atomic mass is 16.6. The zero-order valence-corrected chi connectivity index (χ0v) is 8.43. The molecule has 0 aliphatic carbocycles. The highest BCUT2D eigenvalue weighted by molar-refractivity contribution is 5.38. The van der Waals surface area contributed by atoms with E-state index >= 15 is 0 Å². The normalized spacial score (nSPS) is 10.3. The highest BCUT2D eigenvalue weighted by Crippen LogP contribution is 2.11. The molecule has 2 rings (SSSR count). The van der Waals surface area contributed by atoms with Gasteiger partial charge in [-0.1, -0.05) is 23.3 Å². The van der Waals surface area contributed by atoms with Crippen molar-refractivity contribution in [3.05, 3.63) is 40.4 Å². The molecule has 1 aromatic heterocycles. The summed E-state index contributed by atoms with van der Waals surface area (Å²) in [4.78, 5) is 11.4. The van der Waals surface area contributed by atoms with Gasteiger partial charge in [0.1, 0.15) is 0 Å². The average molecular weight is 206 g/mol. The standard InChI is InChI=1S/C10H10N2O3/c1-7-5-3-4-6-8(7)12-10(13)15-9(11-12)14-2/h3-6H,1-2H3. The maximum atomic E-state index is 11.4. The molecule has 0 saturated heterocycles. The first kappa shape index (κ1) is 9.51. The highest BCUT2D eigenvalue weighted by Gasteiger charge is 2.10. The van der Waals surface area contributed by atoms with Gasteiger partial charge in [0.15, 0.2) is 0 Å². The van der Waals surface area contributed by atoms with Crippen molar-refractivity contribution in [2.75, 3.05) is 7.11 Å². The SMILES string of the molecule is COc1nn(-c2ccccc2C)c(=O)o1. The fraction of sp³-hybridized carbons (Fsp3) is 0.200. The van der Waals surface area contributed by atoms with E-state index in [0.717, 1.165) is 5.56 Å². The Morgan fingerprint density at radius 2 is 2.13 bits per heavy atom. The fourth-order valence-electron chi connectivity index (χ4n) is 1.30. The first-order valence-corrected chi connectivity index (χ1v) is 4.42. The second-order valence-corrected chi connectivity index (χ2v) is 3.04. The molecule has 0 atom stereocenters.